The Hall–Kier alpha value is -0.620. The Bertz CT molecular complexity index is 454. The second-order valence-corrected chi connectivity index (χ2v) is 5.35. The van der Waals surface area contributed by atoms with E-state index < -0.39 is 10.0 Å². The second-order valence-electron chi connectivity index (χ2n) is 3.15. The average Bonchev–Trinajstić information content (AvgIpc) is 2.71. The molecule has 1 aromatic carbocycles. The van der Waals surface area contributed by atoms with Crippen molar-refractivity contribution >= 4 is 21.6 Å². The standard InChI is InChI=1S/C9H10ClNO3S/c10-8-4-1-2-5-9(8)15(12,13)11-6-3-7-14-11/h1-2,4-5H,3,6-7H2. The van der Waals surface area contributed by atoms with Crippen LogP contribution in [0.1, 0.15) is 6.42 Å². The average molecular weight is 248 g/mol. The Balaban J connectivity index is 2.41. The zero-order chi connectivity index (χ0) is 10.9. The largest absolute Gasteiger partial charge is 0.284 e. The Labute approximate surface area is 93.4 Å². The lowest BCUT2D eigenvalue weighted by atomic mass is 10.4. The van der Waals surface area contributed by atoms with Gasteiger partial charge in [-0.3, -0.25) is 4.84 Å². The molecule has 0 aromatic heterocycles. The van der Waals surface area contributed by atoms with Crippen molar-refractivity contribution in [2.75, 3.05) is 13.2 Å². The van der Waals surface area contributed by atoms with Gasteiger partial charge in [0.05, 0.1) is 11.6 Å². The Morgan fingerprint density at radius 1 is 1.33 bits per heavy atom. The van der Waals surface area contributed by atoms with Crippen LogP contribution in [0.4, 0.5) is 0 Å². The van der Waals surface area contributed by atoms with Crippen molar-refractivity contribution in [2.24, 2.45) is 0 Å². The molecule has 0 unspecified atom stereocenters. The normalized spacial score (nSPS) is 18.2. The molecule has 1 heterocycles. The number of benzene rings is 1. The van der Waals surface area contributed by atoms with Gasteiger partial charge >= 0.3 is 0 Å². The van der Waals surface area contributed by atoms with E-state index in [4.69, 9.17) is 16.4 Å². The molecule has 0 spiro atoms. The summed E-state index contributed by atoms with van der Waals surface area (Å²) in [5, 5.41) is 0.216. The summed E-state index contributed by atoms with van der Waals surface area (Å²) in [6, 6.07) is 6.34. The molecule has 1 saturated heterocycles. The van der Waals surface area contributed by atoms with E-state index in [0.29, 0.717) is 19.6 Å². The Morgan fingerprint density at radius 2 is 2.07 bits per heavy atom. The van der Waals surface area contributed by atoms with E-state index in [9.17, 15) is 8.42 Å². The van der Waals surface area contributed by atoms with E-state index in [1.807, 2.05) is 0 Å². The molecule has 1 aromatic rings. The predicted octanol–water partition coefficient (Wildman–Crippen LogP) is 1.67. The fraction of sp³-hybridized carbons (Fsp3) is 0.333. The van der Waals surface area contributed by atoms with Gasteiger partial charge < -0.3 is 0 Å². The zero-order valence-electron chi connectivity index (χ0n) is 7.89. The van der Waals surface area contributed by atoms with Crippen LogP contribution in [0, 0.1) is 0 Å². The summed E-state index contributed by atoms with van der Waals surface area (Å²) in [5.41, 5.74) is 0. The maximum atomic E-state index is 12.0. The molecule has 0 radical (unpaired) electrons. The first-order valence-corrected chi connectivity index (χ1v) is 6.34. The molecule has 1 aliphatic heterocycles. The third kappa shape index (κ3) is 2.01. The van der Waals surface area contributed by atoms with E-state index in [1.54, 1.807) is 18.2 Å². The molecule has 0 amide bonds. The van der Waals surface area contributed by atoms with Gasteiger partial charge in [-0.05, 0) is 18.6 Å². The molecular formula is C9H10ClNO3S. The minimum atomic E-state index is -3.59. The van der Waals surface area contributed by atoms with Crippen LogP contribution in [0.15, 0.2) is 29.2 Å². The SMILES string of the molecule is O=S(=O)(c1ccccc1Cl)N1CCCO1. The number of sulfonamides is 1. The van der Waals surface area contributed by atoms with Gasteiger partial charge in [0.25, 0.3) is 10.0 Å². The van der Waals surface area contributed by atoms with E-state index in [-0.39, 0.29) is 9.92 Å². The number of rotatable bonds is 2. The fourth-order valence-electron chi connectivity index (χ4n) is 1.38. The van der Waals surface area contributed by atoms with Crippen molar-refractivity contribution in [3.8, 4) is 0 Å². The van der Waals surface area contributed by atoms with E-state index in [1.165, 1.54) is 6.07 Å². The first kappa shape index (κ1) is 10.9. The summed E-state index contributed by atoms with van der Waals surface area (Å²) in [6.07, 6.45) is 0.712. The zero-order valence-corrected chi connectivity index (χ0v) is 9.46. The minimum Gasteiger partial charge on any atom is -0.284 e. The summed E-state index contributed by atoms with van der Waals surface area (Å²) in [7, 11) is -3.59. The third-order valence-corrected chi connectivity index (χ3v) is 4.28. The van der Waals surface area contributed by atoms with Gasteiger partial charge in [0.2, 0.25) is 0 Å². The first-order chi connectivity index (χ1) is 7.12. The van der Waals surface area contributed by atoms with Gasteiger partial charge in [0, 0.05) is 6.54 Å². The van der Waals surface area contributed by atoms with E-state index in [2.05, 4.69) is 0 Å². The molecule has 0 aliphatic carbocycles. The molecule has 1 aliphatic rings. The summed E-state index contributed by atoms with van der Waals surface area (Å²) in [6.45, 7) is 0.817. The number of hydrogen-bond donors (Lipinski definition) is 0. The van der Waals surface area contributed by atoms with Crippen molar-refractivity contribution in [2.45, 2.75) is 11.3 Å². The monoisotopic (exact) mass is 247 g/mol. The van der Waals surface area contributed by atoms with Crippen LogP contribution in [0.25, 0.3) is 0 Å². The fourth-order valence-corrected chi connectivity index (χ4v) is 3.17. The molecule has 15 heavy (non-hydrogen) atoms. The van der Waals surface area contributed by atoms with Crippen LogP contribution in [0.5, 0.6) is 0 Å². The summed E-state index contributed by atoms with van der Waals surface area (Å²) in [4.78, 5) is 5.11. The highest BCUT2D eigenvalue weighted by Gasteiger charge is 2.30. The lowest BCUT2D eigenvalue weighted by Crippen LogP contribution is -2.26. The quantitative estimate of drug-likeness (QED) is 0.799. The van der Waals surface area contributed by atoms with Crippen molar-refractivity contribution in [3.05, 3.63) is 29.3 Å². The van der Waals surface area contributed by atoms with E-state index >= 15 is 0 Å². The molecule has 0 bridgehead atoms. The molecule has 0 N–H and O–H groups in total. The van der Waals surface area contributed by atoms with Crippen molar-refractivity contribution in [1.29, 1.82) is 0 Å². The van der Waals surface area contributed by atoms with Crippen molar-refractivity contribution in [1.82, 2.24) is 4.47 Å². The summed E-state index contributed by atoms with van der Waals surface area (Å²) < 4.78 is 24.9. The highest BCUT2D eigenvalue weighted by atomic mass is 35.5. The first-order valence-electron chi connectivity index (χ1n) is 4.52. The number of nitrogens with zero attached hydrogens (tertiary/aromatic N) is 1. The van der Waals surface area contributed by atoms with Crippen LogP contribution < -0.4 is 0 Å². The highest BCUT2D eigenvalue weighted by molar-refractivity contribution is 7.89. The number of hydrogen-bond acceptors (Lipinski definition) is 3. The number of halogens is 1. The second kappa shape index (κ2) is 4.09. The van der Waals surface area contributed by atoms with Crippen molar-refractivity contribution in [3.63, 3.8) is 0 Å². The molecule has 0 atom stereocenters. The molecule has 4 nitrogen and oxygen atoms in total. The van der Waals surface area contributed by atoms with Gasteiger partial charge in [0.1, 0.15) is 4.90 Å². The van der Waals surface area contributed by atoms with E-state index in [0.717, 1.165) is 4.47 Å². The van der Waals surface area contributed by atoms with Crippen LogP contribution in [-0.4, -0.2) is 26.0 Å². The predicted molar refractivity (Wildman–Crippen MR) is 55.9 cm³/mol. The lowest BCUT2D eigenvalue weighted by molar-refractivity contribution is -0.0284. The maximum Gasteiger partial charge on any atom is 0.266 e. The molecule has 1 fully saturated rings. The minimum absolute atomic E-state index is 0.0913. The summed E-state index contributed by atoms with van der Waals surface area (Å²) in [5.74, 6) is 0. The molecule has 6 heteroatoms. The molecule has 2 rings (SSSR count). The third-order valence-electron chi connectivity index (χ3n) is 2.10. The maximum absolute atomic E-state index is 12.0. The van der Waals surface area contributed by atoms with Crippen LogP contribution >= 0.6 is 11.6 Å². The number of hydroxylamine groups is 1. The van der Waals surface area contributed by atoms with Crippen LogP contribution in [0.2, 0.25) is 5.02 Å². The molecule has 82 valence electrons. The van der Waals surface area contributed by atoms with Crippen LogP contribution in [-0.2, 0) is 14.9 Å². The highest BCUT2D eigenvalue weighted by Crippen LogP contribution is 2.25. The summed E-state index contributed by atoms with van der Waals surface area (Å²) >= 11 is 5.83. The van der Waals surface area contributed by atoms with Gasteiger partial charge in [-0.1, -0.05) is 28.2 Å². The van der Waals surface area contributed by atoms with Gasteiger partial charge in [0.15, 0.2) is 0 Å². The Morgan fingerprint density at radius 3 is 2.67 bits per heavy atom. The lowest BCUT2D eigenvalue weighted by Gasteiger charge is -2.14. The van der Waals surface area contributed by atoms with Gasteiger partial charge in [-0.15, -0.1) is 0 Å². The van der Waals surface area contributed by atoms with Gasteiger partial charge in [-0.2, -0.15) is 0 Å². The van der Waals surface area contributed by atoms with Crippen molar-refractivity contribution < 1.29 is 13.3 Å². The van der Waals surface area contributed by atoms with Crippen LogP contribution in [0.3, 0.4) is 0 Å². The molecular weight excluding hydrogens is 238 g/mol. The van der Waals surface area contributed by atoms with Gasteiger partial charge in [-0.25, -0.2) is 8.42 Å². The Kier molecular flexibility index (Phi) is 2.97. The molecule has 0 saturated carbocycles. The topological polar surface area (TPSA) is 46.6 Å². The smallest absolute Gasteiger partial charge is 0.266 e.